The SMILES string of the molecule is CN=C(NCc1nc(C)c(C)s1)NCc1nccn1CCCc1ccccc1. The highest BCUT2D eigenvalue weighted by molar-refractivity contribution is 7.11. The van der Waals surface area contributed by atoms with Crippen molar-refractivity contribution in [3.8, 4) is 0 Å². The summed E-state index contributed by atoms with van der Waals surface area (Å²) in [6.07, 6.45) is 6.06. The molecule has 148 valence electrons. The third-order valence-corrected chi connectivity index (χ3v) is 5.70. The number of benzene rings is 1. The van der Waals surface area contributed by atoms with Gasteiger partial charge in [-0.1, -0.05) is 30.3 Å². The van der Waals surface area contributed by atoms with Crippen molar-refractivity contribution in [1.82, 2.24) is 25.2 Å². The minimum absolute atomic E-state index is 0.633. The Labute approximate surface area is 170 Å². The zero-order valence-corrected chi connectivity index (χ0v) is 17.6. The molecule has 0 saturated carbocycles. The largest absolute Gasteiger partial charge is 0.350 e. The summed E-state index contributed by atoms with van der Waals surface area (Å²) in [6, 6.07) is 10.6. The Bertz CT molecular complexity index is 877. The van der Waals surface area contributed by atoms with Crippen molar-refractivity contribution in [3.05, 3.63) is 69.7 Å². The standard InChI is InChI=1S/C21H28N6S/c1-16-17(2)28-20(26-16)15-25-21(22-3)24-14-19-23-11-13-27(19)12-7-10-18-8-5-4-6-9-18/h4-6,8-9,11,13H,7,10,12,14-15H2,1-3H3,(H2,22,24,25). The zero-order chi connectivity index (χ0) is 19.8. The van der Waals surface area contributed by atoms with E-state index in [9.17, 15) is 0 Å². The van der Waals surface area contributed by atoms with Gasteiger partial charge in [-0.25, -0.2) is 9.97 Å². The molecule has 0 bridgehead atoms. The molecule has 2 heterocycles. The summed E-state index contributed by atoms with van der Waals surface area (Å²) in [4.78, 5) is 14.6. The van der Waals surface area contributed by atoms with E-state index in [1.807, 2.05) is 19.3 Å². The van der Waals surface area contributed by atoms with Gasteiger partial charge in [0.15, 0.2) is 5.96 Å². The number of imidazole rings is 1. The molecule has 7 heteroatoms. The van der Waals surface area contributed by atoms with Crippen LogP contribution in [0.5, 0.6) is 0 Å². The average Bonchev–Trinajstić information content (AvgIpc) is 3.29. The van der Waals surface area contributed by atoms with Crippen LogP contribution < -0.4 is 10.6 Å². The topological polar surface area (TPSA) is 67.1 Å². The molecule has 0 saturated heterocycles. The van der Waals surface area contributed by atoms with Crippen molar-refractivity contribution in [1.29, 1.82) is 0 Å². The Kier molecular flexibility index (Phi) is 7.19. The van der Waals surface area contributed by atoms with Crippen LogP contribution in [0.3, 0.4) is 0 Å². The molecule has 6 nitrogen and oxygen atoms in total. The van der Waals surface area contributed by atoms with Crippen LogP contribution in [0.25, 0.3) is 0 Å². The molecule has 0 aliphatic rings. The fraction of sp³-hybridized carbons (Fsp3) is 0.381. The van der Waals surface area contributed by atoms with E-state index in [-0.39, 0.29) is 0 Å². The highest BCUT2D eigenvalue weighted by Crippen LogP contribution is 2.15. The first-order chi connectivity index (χ1) is 13.7. The quantitative estimate of drug-likeness (QED) is 0.452. The van der Waals surface area contributed by atoms with Gasteiger partial charge >= 0.3 is 0 Å². The Hall–Kier alpha value is -2.67. The molecule has 2 aromatic heterocycles. The van der Waals surface area contributed by atoms with Gasteiger partial charge in [-0.2, -0.15) is 0 Å². The van der Waals surface area contributed by atoms with Crippen molar-refractivity contribution in [2.24, 2.45) is 4.99 Å². The molecule has 3 rings (SSSR count). The normalized spacial score (nSPS) is 11.6. The van der Waals surface area contributed by atoms with Crippen LogP contribution in [0, 0.1) is 13.8 Å². The summed E-state index contributed by atoms with van der Waals surface area (Å²) >= 11 is 1.72. The lowest BCUT2D eigenvalue weighted by atomic mass is 10.1. The summed E-state index contributed by atoms with van der Waals surface area (Å²) in [6.45, 7) is 6.40. The first kappa shape index (κ1) is 20.1. The number of aliphatic imine (C=N–C) groups is 1. The van der Waals surface area contributed by atoms with Gasteiger partial charge in [0.25, 0.3) is 0 Å². The highest BCUT2D eigenvalue weighted by Gasteiger charge is 2.07. The number of hydrogen-bond acceptors (Lipinski definition) is 4. The summed E-state index contributed by atoms with van der Waals surface area (Å²) in [5.41, 5.74) is 2.47. The molecular formula is C21H28N6S. The fourth-order valence-corrected chi connectivity index (χ4v) is 3.84. The lowest BCUT2D eigenvalue weighted by molar-refractivity contribution is 0.600. The van der Waals surface area contributed by atoms with Crippen LogP contribution in [0.2, 0.25) is 0 Å². The summed E-state index contributed by atoms with van der Waals surface area (Å²) in [5, 5.41) is 7.74. The molecule has 0 unspecified atom stereocenters. The molecule has 0 fully saturated rings. The summed E-state index contributed by atoms with van der Waals surface area (Å²) in [5.74, 6) is 1.77. The second-order valence-corrected chi connectivity index (χ2v) is 7.94. The smallest absolute Gasteiger partial charge is 0.191 e. The zero-order valence-electron chi connectivity index (χ0n) is 16.8. The van der Waals surface area contributed by atoms with Crippen molar-refractivity contribution in [2.75, 3.05) is 7.05 Å². The van der Waals surface area contributed by atoms with Crippen molar-refractivity contribution in [3.63, 3.8) is 0 Å². The van der Waals surface area contributed by atoms with Gasteiger partial charge in [-0.05, 0) is 32.3 Å². The van der Waals surface area contributed by atoms with Crippen LogP contribution in [0.4, 0.5) is 0 Å². The maximum absolute atomic E-state index is 4.56. The molecule has 0 aliphatic carbocycles. The second-order valence-electron chi connectivity index (χ2n) is 6.65. The monoisotopic (exact) mass is 396 g/mol. The number of aromatic nitrogens is 3. The van der Waals surface area contributed by atoms with Gasteiger partial charge in [-0.3, -0.25) is 4.99 Å². The van der Waals surface area contributed by atoms with Gasteiger partial charge in [-0.15, -0.1) is 11.3 Å². The van der Waals surface area contributed by atoms with E-state index < -0.39 is 0 Å². The predicted octanol–water partition coefficient (Wildman–Crippen LogP) is 3.45. The van der Waals surface area contributed by atoms with Crippen LogP contribution in [0.15, 0.2) is 47.7 Å². The van der Waals surface area contributed by atoms with Gasteiger partial charge < -0.3 is 15.2 Å². The third kappa shape index (κ3) is 5.66. The third-order valence-electron chi connectivity index (χ3n) is 4.63. The predicted molar refractivity (Wildman–Crippen MR) is 116 cm³/mol. The second kappa shape index (κ2) is 10.0. The number of rotatable bonds is 8. The van der Waals surface area contributed by atoms with Gasteiger partial charge in [0, 0.05) is 30.9 Å². The first-order valence-corrected chi connectivity index (χ1v) is 10.4. The molecular weight excluding hydrogens is 368 g/mol. The van der Waals surface area contributed by atoms with Crippen molar-refractivity contribution < 1.29 is 0 Å². The highest BCUT2D eigenvalue weighted by atomic mass is 32.1. The van der Waals surface area contributed by atoms with E-state index in [2.05, 4.69) is 67.4 Å². The van der Waals surface area contributed by atoms with Crippen molar-refractivity contribution >= 4 is 17.3 Å². The minimum atomic E-state index is 0.633. The van der Waals surface area contributed by atoms with Crippen LogP contribution >= 0.6 is 11.3 Å². The van der Waals surface area contributed by atoms with Crippen LogP contribution in [-0.2, 0) is 26.1 Å². The van der Waals surface area contributed by atoms with E-state index in [4.69, 9.17) is 0 Å². The summed E-state index contributed by atoms with van der Waals surface area (Å²) in [7, 11) is 1.78. The summed E-state index contributed by atoms with van der Waals surface area (Å²) < 4.78 is 2.21. The number of hydrogen-bond donors (Lipinski definition) is 2. The maximum atomic E-state index is 4.56. The molecule has 0 radical (unpaired) electrons. The van der Waals surface area contributed by atoms with E-state index >= 15 is 0 Å². The first-order valence-electron chi connectivity index (χ1n) is 9.57. The van der Waals surface area contributed by atoms with E-state index in [0.717, 1.165) is 41.9 Å². The van der Waals surface area contributed by atoms with E-state index in [0.29, 0.717) is 13.1 Å². The van der Waals surface area contributed by atoms with E-state index in [1.165, 1.54) is 10.4 Å². The average molecular weight is 397 g/mol. The van der Waals surface area contributed by atoms with Crippen molar-refractivity contribution in [2.45, 2.75) is 46.3 Å². The molecule has 28 heavy (non-hydrogen) atoms. The van der Waals surface area contributed by atoms with Crippen LogP contribution in [-0.4, -0.2) is 27.5 Å². The molecule has 3 aromatic rings. The van der Waals surface area contributed by atoms with Gasteiger partial charge in [0.2, 0.25) is 0 Å². The number of guanidine groups is 1. The number of nitrogens with one attached hydrogen (secondary N) is 2. The molecule has 0 atom stereocenters. The molecule has 0 amide bonds. The van der Waals surface area contributed by atoms with Crippen LogP contribution in [0.1, 0.15) is 33.4 Å². The Morgan fingerprint density at radius 1 is 1.14 bits per heavy atom. The van der Waals surface area contributed by atoms with Gasteiger partial charge in [0.05, 0.1) is 18.8 Å². The molecule has 0 spiro atoms. The maximum Gasteiger partial charge on any atom is 0.191 e. The lowest BCUT2D eigenvalue weighted by Crippen LogP contribution is -2.37. The number of aryl methyl sites for hydroxylation is 4. The Morgan fingerprint density at radius 3 is 2.64 bits per heavy atom. The fourth-order valence-electron chi connectivity index (χ4n) is 2.97. The molecule has 2 N–H and O–H groups in total. The lowest BCUT2D eigenvalue weighted by Gasteiger charge is -2.12. The number of thiazole rings is 1. The Morgan fingerprint density at radius 2 is 1.93 bits per heavy atom. The molecule has 1 aromatic carbocycles. The van der Waals surface area contributed by atoms with Gasteiger partial charge in [0.1, 0.15) is 10.8 Å². The van der Waals surface area contributed by atoms with E-state index in [1.54, 1.807) is 18.4 Å². The number of nitrogens with zero attached hydrogens (tertiary/aromatic N) is 4. The Balaban J connectivity index is 1.46. The minimum Gasteiger partial charge on any atom is -0.350 e. The molecule has 0 aliphatic heterocycles.